The second kappa shape index (κ2) is 12.6. The van der Waals surface area contributed by atoms with E-state index in [0.717, 1.165) is 0 Å². The van der Waals surface area contributed by atoms with Gasteiger partial charge >= 0.3 is 26.2 Å². The summed E-state index contributed by atoms with van der Waals surface area (Å²) in [6.07, 6.45) is 0. The third kappa shape index (κ3) is 7.22. The Morgan fingerprint density at radius 2 is 1.55 bits per heavy atom. The molecule has 4 heteroatoms. The SMILES string of the molecule is Cc1cc2c(C(C)C)cc(C(C)C)cc2[cH-]1.[CH2-]CO.[Cl-].[Cl-].[Zr+4]. The van der Waals surface area contributed by atoms with Crippen molar-refractivity contribution in [1.29, 1.82) is 0 Å². The molecule has 0 aliphatic rings. The van der Waals surface area contributed by atoms with Gasteiger partial charge in [0.15, 0.2) is 0 Å². The standard InChI is InChI=1S/C16H21.C2H5O.2ClH.Zr/c1-10(2)13-8-14-6-12(5)7-16(14)15(9-13)11(3)4;1-2-3;;;/h6-11H,1-5H3;3H,1-2H2;2*1H;/q2*-1;;;+4/p-2. The first-order valence-corrected chi connectivity index (χ1v) is 7.01. The van der Waals surface area contributed by atoms with E-state index in [9.17, 15) is 0 Å². The van der Waals surface area contributed by atoms with Crippen molar-refractivity contribution in [2.24, 2.45) is 0 Å². The smallest absolute Gasteiger partial charge is 1.00 e. The van der Waals surface area contributed by atoms with Crippen molar-refractivity contribution in [3.05, 3.63) is 47.9 Å². The Bertz CT molecular complexity index is 533. The van der Waals surface area contributed by atoms with Gasteiger partial charge in [0.1, 0.15) is 0 Å². The zero-order valence-corrected chi connectivity index (χ0v) is 18.1. The molecule has 2 rings (SSSR count). The maximum Gasteiger partial charge on any atom is 4.00 e. The normalized spacial score (nSPS) is 9.50. The molecule has 0 aliphatic carbocycles. The Morgan fingerprint density at radius 3 is 1.95 bits per heavy atom. The van der Waals surface area contributed by atoms with Crippen LogP contribution in [-0.2, 0) is 26.2 Å². The summed E-state index contributed by atoms with van der Waals surface area (Å²) in [4.78, 5) is 0. The number of rotatable bonds is 2. The number of aliphatic hydroxyl groups is 1. The van der Waals surface area contributed by atoms with E-state index in [1.165, 1.54) is 27.5 Å². The van der Waals surface area contributed by atoms with Gasteiger partial charge in [0, 0.05) is 0 Å². The van der Waals surface area contributed by atoms with E-state index in [1.807, 2.05) is 0 Å². The third-order valence-corrected chi connectivity index (χ3v) is 3.31. The predicted octanol–water partition coefficient (Wildman–Crippen LogP) is -1.07. The second-order valence-corrected chi connectivity index (χ2v) is 5.68. The molecule has 0 aromatic heterocycles. The summed E-state index contributed by atoms with van der Waals surface area (Å²) in [6.45, 7) is 14.3. The van der Waals surface area contributed by atoms with Gasteiger partial charge in [0.05, 0.1) is 0 Å². The molecule has 2 aromatic rings. The molecule has 1 N–H and O–H groups in total. The summed E-state index contributed by atoms with van der Waals surface area (Å²) in [6, 6.07) is 9.35. The maximum absolute atomic E-state index is 7.46. The average Bonchev–Trinajstić information content (AvgIpc) is 2.68. The summed E-state index contributed by atoms with van der Waals surface area (Å²) in [5.74, 6) is 1.21. The summed E-state index contributed by atoms with van der Waals surface area (Å²) in [5, 5.41) is 10.3. The summed E-state index contributed by atoms with van der Waals surface area (Å²) in [7, 11) is 0. The summed E-state index contributed by atoms with van der Waals surface area (Å²) < 4.78 is 0. The number of aryl methyl sites for hydroxylation is 1. The van der Waals surface area contributed by atoms with Crippen LogP contribution in [0.5, 0.6) is 0 Å². The van der Waals surface area contributed by atoms with Gasteiger partial charge in [-0.15, -0.1) is 28.5 Å². The molecule has 1 nitrogen and oxygen atoms in total. The molecule has 2 aromatic carbocycles. The molecule has 0 amide bonds. The van der Waals surface area contributed by atoms with E-state index in [2.05, 4.69) is 65.8 Å². The Hall–Kier alpha value is 0.253. The molecule has 0 aliphatic heterocycles. The van der Waals surface area contributed by atoms with Gasteiger partial charge in [-0.25, -0.2) is 0 Å². The first-order valence-electron chi connectivity index (χ1n) is 7.01. The van der Waals surface area contributed by atoms with Gasteiger partial charge in [0.25, 0.3) is 0 Å². The van der Waals surface area contributed by atoms with E-state index in [0.29, 0.717) is 11.8 Å². The molecule has 0 radical (unpaired) electrons. The van der Waals surface area contributed by atoms with Gasteiger partial charge in [-0.2, -0.15) is 6.07 Å². The van der Waals surface area contributed by atoms with Crippen LogP contribution in [0.15, 0.2) is 24.3 Å². The topological polar surface area (TPSA) is 20.2 Å². The zero-order chi connectivity index (χ0) is 14.6. The van der Waals surface area contributed by atoms with E-state index in [1.54, 1.807) is 0 Å². The Labute approximate surface area is 167 Å². The molecule has 0 fully saturated rings. The Balaban J connectivity index is -0.000000558. The first-order chi connectivity index (χ1) is 8.90. The van der Waals surface area contributed by atoms with Gasteiger partial charge in [-0.3, -0.25) is 0 Å². The molecular formula is C18H26Cl2OZr. The van der Waals surface area contributed by atoms with Crippen molar-refractivity contribution in [3.8, 4) is 0 Å². The number of aliphatic hydroxyl groups excluding tert-OH is 1. The van der Waals surface area contributed by atoms with Crippen LogP contribution in [0.1, 0.15) is 56.2 Å². The van der Waals surface area contributed by atoms with E-state index < -0.39 is 0 Å². The molecule has 0 bridgehead atoms. The van der Waals surface area contributed by atoms with Crippen LogP contribution in [-0.4, -0.2) is 11.7 Å². The Morgan fingerprint density at radius 1 is 1.05 bits per heavy atom. The molecule has 0 spiro atoms. The largest absolute Gasteiger partial charge is 4.00 e. The minimum absolute atomic E-state index is 0. The molecule has 0 saturated carbocycles. The van der Waals surface area contributed by atoms with Crippen molar-refractivity contribution in [2.75, 3.05) is 6.61 Å². The fourth-order valence-corrected chi connectivity index (χ4v) is 2.33. The summed E-state index contributed by atoms with van der Waals surface area (Å²) >= 11 is 0. The molecular weight excluding hydrogens is 394 g/mol. The van der Waals surface area contributed by atoms with Gasteiger partial charge in [-0.1, -0.05) is 58.4 Å². The third-order valence-electron chi connectivity index (χ3n) is 3.31. The van der Waals surface area contributed by atoms with E-state index in [-0.39, 0.29) is 57.6 Å². The predicted molar refractivity (Wildman–Crippen MR) is 84.9 cm³/mol. The van der Waals surface area contributed by atoms with Crippen LogP contribution in [0, 0.1) is 13.8 Å². The molecule has 0 unspecified atom stereocenters. The minimum atomic E-state index is 0. The summed E-state index contributed by atoms with van der Waals surface area (Å²) in [5.41, 5.74) is 4.33. The van der Waals surface area contributed by atoms with Crippen LogP contribution in [0.2, 0.25) is 0 Å². The van der Waals surface area contributed by atoms with Crippen molar-refractivity contribution in [3.63, 3.8) is 0 Å². The first kappa shape index (κ1) is 27.1. The molecule has 22 heavy (non-hydrogen) atoms. The van der Waals surface area contributed by atoms with Crippen LogP contribution < -0.4 is 24.8 Å². The fraction of sp³-hybridized carbons (Fsp3) is 0.444. The van der Waals surface area contributed by atoms with Crippen molar-refractivity contribution >= 4 is 10.8 Å². The van der Waals surface area contributed by atoms with Crippen molar-refractivity contribution in [1.82, 2.24) is 0 Å². The van der Waals surface area contributed by atoms with Gasteiger partial charge in [0.2, 0.25) is 0 Å². The number of fused-ring (bicyclic) bond motifs is 1. The van der Waals surface area contributed by atoms with Crippen LogP contribution in [0.4, 0.5) is 0 Å². The number of halogens is 2. The minimum Gasteiger partial charge on any atom is -1.00 e. The number of hydrogen-bond donors (Lipinski definition) is 1. The van der Waals surface area contributed by atoms with E-state index in [4.69, 9.17) is 5.11 Å². The average molecular weight is 421 g/mol. The number of benzene rings is 1. The van der Waals surface area contributed by atoms with Gasteiger partial charge in [-0.05, 0) is 11.8 Å². The molecule has 0 atom stereocenters. The van der Waals surface area contributed by atoms with Crippen LogP contribution in [0.3, 0.4) is 0 Å². The van der Waals surface area contributed by atoms with Crippen molar-refractivity contribution in [2.45, 2.75) is 46.5 Å². The monoisotopic (exact) mass is 418 g/mol. The number of hydrogen-bond acceptors (Lipinski definition) is 1. The molecule has 122 valence electrons. The van der Waals surface area contributed by atoms with Gasteiger partial charge < -0.3 is 36.8 Å². The van der Waals surface area contributed by atoms with Crippen LogP contribution in [0.25, 0.3) is 10.8 Å². The second-order valence-electron chi connectivity index (χ2n) is 5.68. The van der Waals surface area contributed by atoms with E-state index >= 15 is 0 Å². The Kier molecular flexibility index (Phi) is 15.6. The van der Waals surface area contributed by atoms with Crippen molar-refractivity contribution < 1.29 is 56.1 Å². The zero-order valence-electron chi connectivity index (χ0n) is 14.1. The molecule has 0 heterocycles. The quantitative estimate of drug-likeness (QED) is 0.614. The van der Waals surface area contributed by atoms with Crippen LogP contribution >= 0.6 is 0 Å². The fourth-order valence-electron chi connectivity index (χ4n) is 2.33. The maximum atomic E-state index is 7.46. The molecule has 0 saturated heterocycles.